The Bertz CT molecular complexity index is 655. The van der Waals surface area contributed by atoms with Crippen LogP contribution in [-0.2, 0) is 5.60 Å². The highest BCUT2D eigenvalue weighted by atomic mass is 16.5. The van der Waals surface area contributed by atoms with Crippen LogP contribution in [0.2, 0.25) is 0 Å². The standard InChI is InChI=1S/C18H19NO3/c1-2-18(21,14-20)16-11-17(13-19-12-16)22-10-6-9-15-7-4-3-5-8-15/h3-5,7-8,11-13,20-21H,2,10,14H2,1H3. The van der Waals surface area contributed by atoms with Crippen LogP contribution in [-0.4, -0.2) is 28.4 Å². The number of rotatable bonds is 5. The quantitative estimate of drug-likeness (QED) is 0.830. The normalized spacial score (nSPS) is 12.9. The van der Waals surface area contributed by atoms with Crippen molar-refractivity contribution in [2.24, 2.45) is 0 Å². The molecule has 2 rings (SSSR count). The summed E-state index contributed by atoms with van der Waals surface area (Å²) in [4.78, 5) is 4.04. The molecule has 0 spiro atoms. The molecular formula is C18H19NO3. The van der Waals surface area contributed by atoms with Crippen LogP contribution in [0.1, 0.15) is 24.5 Å². The lowest BCUT2D eigenvalue weighted by molar-refractivity contribution is -0.0226. The number of aromatic nitrogens is 1. The maximum absolute atomic E-state index is 10.3. The molecule has 0 aliphatic heterocycles. The van der Waals surface area contributed by atoms with Crippen LogP contribution < -0.4 is 4.74 Å². The summed E-state index contributed by atoms with van der Waals surface area (Å²) in [6.45, 7) is 1.67. The Morgan fingerprint density at radius 1 is 1.23 bits per heavy atom. The molecule has 1 heterocycles. The predicted octanol–water partition coefficient (Wildman–Crippen LogP) is 2.10. The molecule has 1 atom stereocenters. The van der Waals surface area contributed by atoms with Gasteiger partial charge < -0.3 is 14.9 Å². The van der Waals surface area contributed by atoms with Gasteiger partial charge in [0.25, 0.3) is 0 Å². The number of aliphatic hydroxyl groups excluding tert-OH is 1. The lowest BCUT2D eigenvalue weighted by Crippen LogP contribution is -2.29. The van der Waals surface area contributed by atoms with Crippen LogP contribution in [0, 0.1) is 11.8 Å². The Morgan fingerprint density at radius 2 is 2.00 bits per heavy atom. The zero-order valence-corrected chi connectivity index (χ0v) is 12.5. The van der Waals surface area contributed by atoms with Crippen LogP contribution >= 0.6 is 0 Å². The first-order valence-corrected chi connectivity index (χ1v) is 7.13. The third-order valence-corrected chi connectivity index (χ3v) is 3.41. The Kier molecular flexibility index (Phi) is 5.54. The van der Waals surface area contributed by atoms with Gasteiger partial charge in [-0.25, -0.2) is 0 Å². The first-order valence-electron chi connectivity index (χ1n) is 7.13. The van der Waals surface area contributed by atoms with Gasteiger partial charge in [0.1, 0.15) is 18.0 Å². The zero-order valence-electron chi connectivity index (χ0n) is 12.5. The topological polar surface area (TPSA) is 62.6 Å². The summed E-state index contributed by atoms with van der Waals surface area (Å²) in [6, 6.07) is 11.3. The Labute approximate surface area is 130 Å². The third kappa shape index (κ3) is 4.08. The van der Waals surface area contributed by atoms with E-state index in [1.807, 2.05) is 30.3 Å². The van der Waals surface area contributed by atoms with Crippen LogP contribution in [0.15, 0.2) is 48.8 Å². The number of ether oxygens (including phenoxy) is 1. The molecule has 22 heavy (non-hydrogen) atoms. The summed E-state index contributed by atoms with van der Waals surface area (Å²) in [7, 11) is 0. The minimum absolute atomic E-state index is 0.226. The van der Waals surface area contributed by atoms with Gasteiger partial charge in [0.15, 0.2) is 0 Å². The molecule has 4 nitrogen and oxygen atoms in total. The van der Waals surface area contributed by atoms with Gasteiger partial charge in [-0.2, -0.15) is 0 Å². The van der Waals surface area contributed by atoms with E-state index in [0.717, 1.165) is 5.56 Å². The highest BCUT2D eigenvalue weighted by Crippen LogP contribution is 2.26. The lowest BCUT2D eigenvalue weighted by atomic mass is 9.93. The molecule has 0 aliphatic carbocycles. The van der Waals surface area contributed by atoms with Crippen molar-refractivity contribution in [3.63, 3.8) is 0 Å². The van der Waals surface area contributed by atoms with Crippen LogP contribution in [0.3, 0.4) is 0 Å². The summed E-state index contributed by atoms with van der Waals surface area (Å²) in [6.07, 6.45) is 3.48. The second-order valence-electron chi connectivity index (χ2n) is 4.91. The Balaban J connectivity index is 2.01. The molecule has 0 saturated heterocycles. The van der Waals surface area contributed by atoms with Crippen molar-refractivity contribution in [3.05, 3.63) is 59.9 Å². The van der Waals surface area contributed by atoms with Crippen molar-refractivity contribution in [1.82, 2.24) is 4.98 Å². The predicted molar refractivity (Wildman–Crippen MR) is 84.3 cm³/mol. The van der Waals surface area contributed by atoms with Gasteiger partial charge in [0.05, 0.1) is 12.8 Å². The van der Waals surface area contributed by atoms with E-state index >= 15 is 0 Å². The van der Waals surface area contributed by atoms with E-state index in [-0.39, 0.29) is 13.2 Å². The van der Waals surface area contributed by atoms with Gasteiger partial charge in [0, 0.05) is 17.3 Å². The second-order valence-corrected chi connectivity index (χ2v) is 4.91. The SMILES string of the molecule is CCC(O)(CO)c1cncc(OCC#Cc2ccccc2)c1. The van der Waals surface area contributed by atoms with Gasteiger partial charge in [-0.1, -0.05) is 37.0 Å². The molecule has 1 unspecified atom stereocenters. The molecule has 2 aromatic rings. The van der Waals surface area contributed by atoms with E-state index in [2.05, 4.69) is 16.8 Å². The third-order valence-electron chi connectivity index (χ3n) is 3.41. The highest BCUT2D eigenvalue weighted by molar-refractivity contribution is 5.34. The van der Waals surface area contributed by atoms with Crippen molar-refractivity contribution < 1.29 is 14.9 Å². The number of hydrogen-bond acceptors (Lipinski definition) is 4. The number of nitrogens with zero attached hydrogens (tertiary/aromatic N) is 1. The molecule has 1 aromatic heterocycles. The molecule has 2 N–H and O–H groups in total. The van der Waals surface area contributed by atoms with E-state index in [1.54, 1.807) is 19.2 Å². The van der Waals surface area contributed by atoms with Crippen molar-refractivity contribution in [2.45, 2.75) is 18.9 Å². The van der Waals surface area contributed by atoms with E-state index < -0.39 is 5.60 Å². The van der Waals surface area contributed by atoms with Gasteiger partial charge in [-0.05, 0) is 24.6 Å². The molecule has 114 valence electrons. The molecule has 0 amide bonds. The summed E-state index contributed by atoms with van der Waals surface area (Å²) < 4.78 is 5.52. The van der Waals surface area contributed by atoms with Crippen molar-refractivity contribution in [2.75, 3.05) is 13.2 Å². The molecule has 0 bridgehead atoms. The van der Waals surface area contributed by atoms with Crippen LogP contribution in [0.4, 0.5) is 0 Å². The second kappa shape index (κ2) is 7.60. The van der Waals surface area contributed by atoms with Gasteiger partial charge in [-0.15, -0.1) is 0 Å². The fourth-order valence-corrected chi connectivity index (χ4v) is 1.94. The molecular weight excluding hydrogens is 278 g/mol. The smallest absolute Gasteiger partial charge is 0.149 e. The van der Waals surface area contributed by atoms with Crippen LogP contribution in [0.5, 0.6) is 5.75 Å². The first kappa shape index (κ1) is 16.0. The Morgan fingerprint density at radius 3 is 2.68 bits per heavy atom. The fraction of sp³-hybridized carbons (Fsp3) is 0.278. The minimum Gasteiger partial charge on any atom is -0.479 e. The summed E-state index contributed by atoms with van der Waals surface area (Å²) in [5.74, 6) is 6.44. The molecule has 0 radical (unpaired) electrons. The van der Waals surface area contributed by atoms with Crippen molar-refractivity contribution in [3.8, 4) is 17.6 Å². The van der Waals surface area contributed by atoms with Crippen LogP contribution in [0.25, 0.3) is 0 Å². The van der Waals surface area contributed by atoms with E-state index in [0.29, 0.717) is 17.7 Å². The van der Waals surface area contributed by atoms with Gasteiger partial charge >= 0.3 is 0 Å². The zero-order chi connectivity index (χ0) is 15.8. The van der Waals surface area contributed by atoms with E-state index in [9.17, 15) is 10.2 Å². The monoisotopic (exact) mass is 297 g/mol. The van der Waals surface area contributed by atoms with Gasteiger partial charge in [-0.3, -0.25) is 4.98 Å². The lowest BCUT2D eigenvalue weighted by Gasteiger charge is -2.24. The number of hydrogen-bond donors (Lipinski definition) is 2. The Hall–Kier alpha value is -2.35. The summed E-state index contributed by atoms with van der Waals surface area (Å²) >= 11 is 0. The average molecular weight is 297 g/mol. The van der Waals surface area contributed by atoms with E-state index in [4.69, 9.17) is 4.74 Å². The van der Waals surface area contributed by atoms with Crippen molar-refractivity contribution in [1.29, 1.82) is 0 Å². The number of aliphatic hydroxyl groups is 2. The fourth-order valence-electron chi connectivity index (χ4n) is 1.94. The summed E-state index contributed by atoms with van der Waals surface area (Å²) in [5.41, 5.74) is 0.173. The van der Waals surface area contributed by atoms with Gasteiger partial charge in [0.2, 0.25) is 0 Å². The largest absolute Gasteiger partial charge is 0.479 e. The first-order chi connectivity index (χ1) is 10.7. The molecule has 1 aromatic carbocycles. The molecule has 0 aliphatic rings. The maximum atomic E-state index is 10.3. The minimum atomic E-state index is -1.29. The number of pyridine rings is 1. The molecule has 4 heteroatoms. The maximum Gasteiger partial charge on any atom is 0.149 e. The summed E-state index contributed by atoms with van der Waals surface area (Å²) in [5, 5.41) is 19.6. The molecule has 0 fully saturated rings. The van der Waals surface area contributed by atoms with E-state index in [1.165, 1.54) is 6.20 Å². The number of benzene rings is 1. The molecule has 0 saturated carbocycles. The van der Waals surface area contributed by atoms with Crippen molar-refractivity contribution >= 4 is 0 Å². The average Bonchev–Trinajstić information content (AvgIpc) is 2.59. The highest BCUT2D eigenvalue weighted by Gasteiger charge is 2.26.